The van der Waals surface area contributed by atoms with E-state index in [4.69, 9.17) is 7.74 Å². The molecule has 1 N–H and O–H groups in total. The van der Waals surface area contributed by atoms with Crippen LogP contribution < -0.4 is 5.23 Å². The van der Waals surface area contributed by atoms with Gasteiger partial charge in [-0.05, 0) is 12.5 Å². The Morgan fingerprint density at radius 1 is 1.77 bits per heavy atom. The molecule has 3 nitrogen and oxygen atoms in total. The Kier molecular flexibility index (Phi) is 6.69. The van der Waals surface area contributed by atoms with Crippen molar-refractivity contribution < 1.29 is 4.79 Å². The number of hydrogen-bond donors (Lipinski definition) is 1. The van der Waals surface area contributed by atoms with Crippen LogP contribution in [0.4, 0.5) is 0 Å². The number of rotatable bonds is 5. The first-order chi connectivity index (χ1) is 6.24. The summed E-state index contributed by atoms with van der Waals surface area (Å²) >= 11 is 0. The lowest BCUT2D eigenvalue weighted by molar-refractivity contribution is -0.118. The number of carbonyl (C=O) groups is 1. The predicted octanol–water partition coefficient (Wildman–Crippen LogP) is 0.356. The summed E-state index contributed by atoms with van der Waals surface area (Å²) in [5.41, 5.74) is 0.819. The lowest BCUT2D eigenvalue weighted by atomic mass is 9.67. The van der Waals surface area contributed by atoms with Crippen LogP contribution in [-0.4, -0.2) is 27.2 Å². The minimum Gasteiger partial charge on any atom is -0.412 e. The van der Waals surface area contributed by atoms with Crippen LogP contribution in [0.1, 0.15) is 13.3 Å². The lowest BCUT2D eigenvalue weighted by Gasteiger charge is -2.01. The summed E-state index contributed by atoms with van der Waals surface area (Å²) in [5.74, 6) is -0.161. The fourth-order valence-corrected chi connectivity index (χ4v) is 0.700. The average Bonchev–Trinajstić information content (AvgIpc) is 2.12. The summed E-state index contributed by atoms with van der Waals surface area (Å²) in [7, 11) is 6.13. The Balaban J connectivity index is 4.06. The van der Waals surface area contributed by atoms with Crippen LogP contribution in [0.5, 0.6) is 0 Å². The second-order valence-corrected chi connectivity index (χ2v) is 2.24. The van der Waals surface area contributed by atoms with E-state index in [9.17, 15) is 4.79 Å². The first kappa shape index (κ1) is 11.7. The molecule has 5 heteroatoms. The van der Waals surface area contributed by atoms with Crippen molar-refractivity contribution in [1.82, 2.24) is 5.23 Å². The fourth-order valence-electron chi connectivity index (χ4n) is 0.700. The number of nitrogens with zero attached hydrogens (tertiary/aromatic N) is 1. The number of carbonyl (C=O) groups excluding carboxylic acids is 1. The molecule has 0 bridgehead atoms. The van der Waals surface area contributed by atoms with E-state index in [1.54, 1.807) is 6.21 Å². The van der Waals surface area contributed by atoms with Crippen LogP contribution in [0.15, 0.2) is 29.4 Å². The van der Waals surface area contributed by atoms with E-state index in [0.717, 1.165) is 12.9 Å². The van der Waals surface area contributed by atoms with Crippen molar-refractivity contribution in [3.63, 3.8) is 0 Å². The summed E-state index contributed by atoms with van der Waals surface area (Å²) in [5, 5.41) is 2.37. The van der Waals surface area contributed by atoms with Gasteiger partial charge in [-0.1, -0.05) is 12.7 Å². The highest BCUT2D eigenvalue weighted by atomic mass is 16.1. The second kappa shape index (κ2) is 7.40. The molecule has 0 aromatic rings. The van der Waals surface area contributed by atoms with Gasteiger partial charge in [0.15, 0.2) is 7.31 Å². The molecule has 3 radical (unpaired) electrons. The quantitative estimate of drug-likeness (QED) is 0.472. The average molecular weight is 173 g/mol. The normalized spacial score (nSPS) is 11.3. The van der Waals surface area contributed by atoms with E-state index < -0.39 is 0 Å². The molecule has 0 saturated carbocycles. The maximum atomic E-state index is 11.0. The van der Waals surface area contributed by atoms with Crippen molar-refractivity contribution in [2.45, 2.75) is 13.3 Å². The molecule has 1 amide bonds. The Hall–Kier alpha value is -1.25. The molecule has 0 aliphatic rings. The van der Waals surface area contributed by atoms with E-state index in [0.29, 0.717) is 0 Å². The first-order valence-corrected chi connectivity index (χ1v) is 3.86. The van der Waals surface area contributed by atoms with Crippen LogP contribution >= 0.6 is 0 Å². The third kappa shape index (κ3) is 5.96. The molecule has 0 aromatic carbocycles. The van der Waals surface area contributed by atoms with Gasteiger partial charge in [-0.2, -0.15) is 0 Å². The predicted molar refractivity (Wildman–Crippen MR) is 56.7 cm³/mol. The maximum Gasteiger partial charge on any atom is 0.211 e. The lowest BCUT2D eigenvalue weighted by Crippen LogP contribution is -2.27. The molecule has 13 heavy (non-hydrogen) atoms. The maximum absolute atomic E-state index is 11.0. The zero-order valence-corrected chi connectivity index (χ0v) is 7.66. The minimum atomic E-state index is -0.161. The van der Waals surface area contributed by atoms with Crippen molar-refractivity contribution in [2.24, 2.45) is 4.99 Å². The molecule has 0 atom stereocenters. The smallest absolute Gasteiger partial charge is 0.211 e. The standard InChI is InChI=1S/C8H11B2N2O/c1-3-7(6-11-4-2)5-8(13)12-10-9/h3-4,6H,2,5H2,1H3,(H,12,13)/b7-3-,11-6?. The van der Waals surface area contributed by atoms with Gasteiger partial charge in [0, 0.05) is 20.2 Å². The van der Waals surface area contributed by atoms with Gasteiger partial charge in [0.2, 0.25) is 5.91 Å². The summed E-state index contributed by atoms with van der Waals surface area (Å²) < 4.78 is 0. The molecule has 0 saturated heterocycles. The molecule has 0 fully saturated rings. The Bertz CT molecular complexity index is 236. The molecule has 0 rings (SSSR count). The van der Waals surface area contributed by atoms with Crippen molar-refractivity contribution in [1.29, 1.82) is 0 Å². The van der Waals surface area contributed by atoms with Gasteiger partial charge in [-0.15, -0.1) is 0 Å². The van der Waals surface area contributed by atoms with Crippen molar-refractivity contribution in [3.05, 3.63) is 24.4 Å². The van der Waals surface area contributed by atoms with Crippen LogP contribution in [0.2, 0.25) is 0 Å². The van der Waals surface area contributed by atoms with Gasteiger partial charge in [0.25, 0.3) is 0 Å². The molecule has 0 aliphatic carbocycles. The monoisotopic (exact) mass is 173 g/mol. The highest BCUT2D eigenvalue weighted by molar-refractivity contribution is 6.89. The van der Waals surface area contributed by atoms with E-state index in [-0.39, 0.29) is 12.3 Å². The van der Waals surface area contributed by atoms with Gasteiger partial charge < -0.3 is 5.23 Å². The van der Waals surface area contributed by atoms with Crippen molar-refractivity contribution in [3.8, 4) is 0 Å². The summed E-state index contributed by atoms with van der Waals surface area (Å²) in [4.78, 5) is 14.8. The van der Waals surface area contributed by atoms with Crippen LogP contribution in [0.25, 0.3) is 0 Å². The molecular weight excluding hydrogens is 162 g/mol. The summed E-state index contributed by atoms with van der Waals surface area (Å²) in [6.07, 6.45) is 5.07. The van der Waals surface area contributed by atoms with Gasteiger partial charge in [0.05, 0.1) is 6.42 Å². The number of amides is 1. The topological polar surface area (TPSA) is 41.5 Å². The van der Waals surface area contributed by atoms with E-state index >= 15 is 0 Å². The number of hydrogen-bond acceptors (Lipinski definition) is 2. The highest BCUT2D eigenvalue weighted by Crippen LogP contribution is 1.97. The highest BCUT2D eigenvalue weighted by Gasteiger charge is 2.00. The Morgan fingerprint density at radius 3 is 2.92 bits per heavy atom. The molecule has 0 aromatic heterocycles. The fraction of sp³-hybridized carbons (Fsp3) is 0.250. The Labute approximate surface area is 80.7 Å². The first-order valence-electron chi connectivity index (χ1n) is 3.86. The van der Waals surface area contributed by atoms with Gasteiger partial charge in [0.1, 0.15) is 0 Å². The van der Waals surface area contributed by atoms with Gasteiger partial charge in [-0.3, -0.25) is 9.79 Å². The van der Waals surface area contributed by atoms with Crippen molar-refractivity contribution >= 4 is 27.2 Å². The molecule has 0 unspecified atom stereocenters. The number of nitrogens with one attached hydrogen (secondary N) is 1. The zero-order valence-electron chi connectivity index (χ0n) is 7.66. The molecule has 0 spiro atoms. The SMILES string of the molecule is [B][B]NC(=O)C/C(C=NC=C)=C/C. The second-order valence-electron chi connectivity index (χ2n) is 2.24. The largest absolute Gasteiger partial charge is 0.412 e. The Morgan fingerprint density at radius 2 is 2.46 bits per heavy atom. The minimum absolute atomic E-state index is 0.161. The number of allylic oxidation sites excluding steroid dienone is 1. The molecular formula is C8H11B2N2O. The molecule has 0 heterocycles. The van der Waals surface area contributed by atoms with Crippen LogP contribution in [0.3, 0.4) is 0 Å². The third-order valence-corrected chi connectivity index (χ3v) is 1.33. The van der Waals surface area contributed by atoms with Crippen LogP contribution in [-0.2, 0) is 4.79 Å². The zero-order chi connectivity index (χ0) is 10.1. The third-order valence-electron chi connectivity index (χ3n) is 1.33. The molecule has 65 valence electrons. The van der Waals surface area contributed by atoms with E-state index in [2.05, 4.69) is 16.8 Å². The van der Waals surface area contributed by atoms with Gasteiger partial charge >= 0.3 is 0 Å². The summed E-state index contributed by atoms with van der Waals surface area (Å²) in [6.45, 7) is 5.27. The molecule has 0 aliphatic heterocycles. The van der Waals surface area contributed by atoms with E-state index in [1.165, 1.54) is 6.20 Å². The van der Waals surface area contributed by atoms with Gasteiger partial charge in [-0.25, -0.2) is 0 Å². The van der Waals surface area contributed by atoms with E-state index in [1.807, 2.05) is 13.0 Å². The number of aliphatic imine (C=N–C) groups is 1. The van der Waals surface area contributed by atoms with Crippen molar-refractivity contribution in [2.75, 3.05) is 0 Å². The van der Waals surface area contributed by atoms with Crippen LogP contribution in [0, 0.1) is 0 Å². The summed E-state index contributed by atoms with van der Waals surface area (Å²) in [6, 6.07) is 0.